The predicted octanol–water partition coefficient (Wildman–Crippen LogP) is 2.41. The van der Waals surface area contributed by atoms with E-state index in [9.17, 15) is 0 Å². The summed E-state index contributed by atoms with van der Waals surface area (Å²) in [7, 11) is 0. The van der Waals surface area contributed by atoms with Crippen LogP contribution >= 0.6 is 11.6 Å². The summed E-state index contributed by atoms with van der Waals surface area (Å²) in [5.41, 5.74) is 0. The van der Waals surface area contributed by atoms with Gasteiger partial charge in [0.1, 0.15) is 17.1 Å². The average Bonchev–Trinajstić information content (AvgIpc) is 2.70. The van der Waals surface area contributed by atoms with Crippen molar-refractivity contribution in [2.24, 2.45) is 0 Å². The summed E-state index contributed by atoms with van der Waals surface area (Å²) in [5.74, 6) is 1.46. The molecule has 82 valence electrons. The van der Waals surface area contributed by atoms with Gasteiger partial charge in [0, 0.05) is 19.2 Å². The zero-order valence-electron chi connectivity index (χ0n) is 8.66. The Balaban J connectivity index is 2.22. The van der Waals surface area contributed by atoms with E-state index in [1.165, 1.54) is 0 Å². The quantitative estimate of drug-likeness (QED) is 0.806. The summed E-state index contributed by atoms with van der Waals surface area (Å²) in [6.07, 6.45) is 2.06. The standard InChI is InChI=1S/C10H14ClN3O/c1-2-12-9-6-8(11)13-10(14-9)7-4-3-5-15-7/h6-7H,2-5H2,1H3,(H,12,13,14). The molecular formula is C10H14ClN3O. The van der Waals surface area contributed by atoms with Crippen molar-refractivity contribution in [2.75, 3.05) is 18.5 Å². The van der Waals surface area contributed by atoms with Crippen molar-refractivity contribution in [2.45, 2.75) is 25.9 Å². The van der Waals surface area contributed by atoms with Gasteiger partial charge in [0.2, 0.25) is 0 Å². The van der Waals surface area contributed by atoms with Gasteiger partial charge in [0.05, 0.1) is 0 Å². The van der Waals surface area contributed by atoms with Crippen LogP contribution in [0.4, 0.5) is 5.82 Å². The monoisotopic (exact) mass is 227 g/mol. The molecule has 2 heterocycles. The smallest absolute Gasteiger partial charge is 0.161 e. The first-order chi connectivity index (χ1) is 7.29. The van der Waals surface area contributed by atoms with Crippen molar-refractivity contribution >= 4 is 17.4 Å². The molecule has 1 atom stereocenters. The lowest BCUT2D eigenvalue weighted by atomic mass is 10.2. The topological polar surface area (TPSA) is 47.0 Å². The summed E-state index contributed by atoms with van der Waals surface area (Å²) in [6, 6.07) is 1.73. The van der Waals surface area contributed by atoms with Crippen LogP contribution in [0, 0.1) is 0 Å². The molecule has 0 aromatic carbocycles. The summed E-state index contributed by atoms with van der Waals surface area (Å²) in [4.78, 5) is 8.56. The van der Waals surface area contributed by atoms with E-state index >= 15 is 0 Å². The van der Waals surface area contributed by atoms with Crippen molar-refractivity contribution in [1.29, 1.82) is 0 Å². The maximum absolute atomic E-state index is 5.92. The van der Waals surface area contributed by atoms with Gasteiger partial charge in [-0.2, -0.15) is 0 Å². The van der Waals surface area contributed by atoms with Gasteiger partial charge in [-0.3, -0.25) is 0 Å². The Morgan fingerprint density at radius 2 is 2.47 bits per heavy atom. The third kappa shape index (κ3) is 2.58. The molecule has 0 amide bonds. The molecule has 5 heteroatoms. The summed E-state index contributed by atoms with van der Waals surface area (Å²) in [6.45, 7) is 3.62. The number of hydrogen-bond acceptors (Lipinski definition) is 4. The second-order valence-corrected chi connectivity index (χ2v) is 3.85. The highest BCUT2D eigenvalue weighted by atomic mass is 35.5. The number of nitrogens with zero attached hydrogens (tertiary/aromatic N) is 2. The second-order valence-electron chi connectivity index (χ2n) is 3.47. The number of ether oxygens (including phenoxy) is 1. The fraction of sp³-hybridized carbons (Fsp3) is 0.600. The zero-order chi connectivity index (χ0) is 10.7. The van der Waals surface area contributed by atoms with E-state index in [0.717, 1.165) is 31.8 Å². The third-order valence-corrected chi connectivity index (χ3v) is 2.48. The molecule has 4 nitrogen and oxygen atoms in total. The minimum atomic E-state index is 0.0149. The Labute approximate surface area is 94.0 Å². The van der Waals surface area contributed by atoms with E-state index in [1.54, 1.807) is 6.07 Å². The lowest BCUT2D eigenvalue weighted by molar-refractivity contribution is 0.105. The second kappa shape index (κ2) is 4.77. The van der Waals surface area contributed by atoms with Crippen LogP contribution in [0.2, 0.25) is 5.15 Å². The SMILES string of the molecule is CCNc1cc(Cl)nc(C2CCCO2)n1. The lowest BCUT2D eigenvalue weighted by Gasteiger charge is -2.10. The molecule has 0 radical (unpaired) electrons. The van der Waals surface area contributed by atoms with Crippen LogP contribution in [-0.4, -0.2) is 23.1 Å². The molecule has 0 aliphatic carbocycles. The van der Waals surface area contributed by atoms with Gasteiger partial charge in [0.15, 0.2) is 5.82 Å². The van der Waals surface area contributed by atoms with Crippen LogP contribution in [0.25, 0.3) is 0 Å². The number of hydrogen-bond donors (Lipinski definition) is 1. The lowest BCUT2D eigenvalue weighted by Crippen LogP contribution is -2.07. The van der Waals surface area contributed by atoms with Gasteiger partial charge in [-0.1, -0.05) is 11.6 Å². The Kier molecular flexibility index (Phi) is 3.38. The zero-order valence-corrected chi connectivity index (χ0v) is 9.42. The Bertz CT molecular complexity index is 339. The fourth-order valence-corrected chi connectivity index (χ4v) is 1.82. The fourth-order valence-electron chi connectivity index (χ4n) is 1.63. The molecule has 0 saturated carbocycles. The molecule has 1 aliphatic heterocycles. The minimum absolute atomic E-state index is 0.0149. The highest BCUT2D eigenvalue weighted by molar-refractivity contribution is 6.29. The summed E-state index contributed by atoms with van der Waals surface area (Å²) in [5, 5.41) is 3.59. The van der Waals surface area contributed by atoms with Crippen molar-refractivity contribution in [3.8, 4) is 0 Å². The van der Waals surface area contributed by atoms with E-state index in [1.807, 2.05) is 6.92 Å². The number of halogens is 1. The Morgan fingerprint density at radius 1 is 1.60 bits per heavy atom. The Hall–Kier alpha value is -0.870. The minimum Gasteiger partial charge on any atom is -0.370 e. The normalized spacial score (nSPS) is 20.5. The maximum atomic E-state index is 5.92. The first-order valence-corrected chi connectivity index (χ1v) is 5.57. The van der Waals surface area contributed by atoms with Crippen molar-refractivity contribution in [1.82, 2.24) is 9.97 Å². The summed E-state index contributed by atoms with van der Waals surface area (Å²) < 4.78 is 5.52. The van der Waals surface area contributed by atoms with Gasteiger partial charge < -0.3 is 10.1 Å². The van der Waals surface area contributed by atoms with E-state index in [0.29, 0.717) is 11.0 Å². The van der Waals surface area contributed by atoms with Crippen molar-refractivity contribution in [3.05, 3.63) is 17.0 Å². The highest BCUT2D eigenvalue weighted by Gasteiger charge is 2.21. The molecule has 1 fully saturated rings. The van der Waals surface area contributed by atoms with E-state index in [2.05, 4.69) is 15.3 Å². The number of nitrogens with one attached hydrogen (secondary N) is 1. The molecule has 1 aliphatic rings. The van der Waals surface area contributed by atoms with Gasteiger partial charge in [-0.15, -0.1) is 0 Å². The van der Waals surface area contributed by atoms with E-state index < -0.39 is 0 Å². The molecule has 1 N–H and O–H groups in total. The van der Waals surface area contributed by atoms with E-state index in [-0.39, 0.29) is 6.10 Å². The van der Waals surface area contributed by atoms with Crippen LogP contribution in [0.3, 0.4) is 0 Å². The van der Waals surface area contributed by atoms with Crippen LogP contribution < -0.4 is 5.32 Å². The number of anilines is 1. The van der Waals surface area contributed by atoms with Crippen LogP contribution in [0.1, 0.15) is 31.7 Å². The summed E-state index contributed by atoms with van der Waals surface area (Å²) >= 11 is 5.92. The van der Waals surface area contributed by atoms with Crippen molar-refractivity contribution in [3.63, 3.8) is 0 Å². The average molecular weight is 228 g/mol. The third-order valence-electron chi connectivity index (χ3n) is 2.29. The number of rotatable bonds is 3. The van der Waals surface area contributed by atoms with Crippen LogP contribution in [0.5, 0.6) is 0 Å². The highest BCUT2D eigenvalue weighted by Crippen LogP contribution is 2.27. The van der Waals surface area contributed by atoms with E-state index in [4.69, 9.17) is 16.3 Å². The van der Waals surface area contributed by atoms with Gasteiger partial charge in [0.25, 0.3) is 0 Å². The van der Waals surface area contributed by atoms with Gasteiger partial charge >= 0.3 is 0 Å². The Morgan fingerprint density at radius 3 is 3.13 bits per heavy atom. The molecular weight excluding hydrogens is 214 g/mol. The first kappa shape index (κ1) is 10.6. The van der Waals surface area contributed by atoms with Gasteiger partial charge in [-0.05, 0) is 19.8 Å². The molecule has 1 aromatic heterocycles. The molecule has 0 spiro atoms. The predicted molar refractivity (Wildman–Crippen MR) is 59.1 cm³/mol. The van der Waals surface area contributed by atoms with Gasteiger partial charge in [-0.25, -0.2) is 9.97 Å². The molecule has 2 rings (SSSR count). The van der Waals surface area contributed by atoms with Crippen LogP contribution in [0.15, 0.2) is 6.07 Å². The first-order valence-electron chi connectivity index (χ1n) is 5.19. The molecule has 15 heavy (non-hydrogen) atoms. The molecule has 1 saturated heterocycles. The molecule has 0 bridgehead atoms. The van der Waals surface area contributed by atoms with Crippen LogP contribution in [-0.2, 0) is 4.74 Å². The van der Waals surface area contributed by atoms with Crippen molar-refractivity contribution < 1.29 is 4.74 Å². The largest absolute Gasteiger partial charge is 0.370 e. The molecule has 1 unspecified atom stereocenters. The molecule has 1 aromatic rings. The number of aromatic nitrogens is 2. The maximum Gasteiger partial charge on any atom is 0.161 e.